The number of ether oxygens (including phenoxy) is 1. The van der Waals surface area contributed by atoms with Crippen molar-refractivity contribution >= 4 is 79.1 Å². The van der Waals surface area contributed by atoms with Crippen molar-refractivity contribution in [2.24, 2.45) is 0 Å². The minimum atomic E-state index is -0.303. The quantitative estimate of drug-likeness (QED) is 0.160. The Morgan fingerprint density at radius 3 is 1.60 bits per heavy atom. The summed E-state index contributed by atoms with van der Waals surface area (Å²) < 4.78 is 5.58. The molecule has 0 saturated heterocycles. The second-order valence-electron chi connectivity index (χ2n) is 6.56. The van der Waals surface area contributed by atoms with Crippen molar-refractivity contribution in [3.63, 3.8) is 0 Å². The summed E-state index contributed by atoms with van der Waals surface area (Å²) in [5.74, 6) is 0.837. The van der Waals surface area contributed by atoms with Crippen molar-refractivity contribution in [2.75, 3.05) is 5.32 Å². The van der Waals surface area contributed by atoms with Crippen molar-refractivity contribution in [1.29, 1.82) is 0 Å². The molecule has 1 N–H and O–H groups in total. The number of anilines is 2. The van der Waals surface area contributed by atoms with Crippen LogP contribution in [0.1, 0.15) is 0 Å². The van der Waals surface area contributed by atoms with Gasteiger partial charge in [-0.3, -0.25) is 0 Å². The molecule has 1 aromatic heterocycles. The normalized spacial score (nSPS) is 11.2. The molecule has 3 nitrogen and oxygen atoms in total. The maximum Gasteiger partial charge on any atom is 0.258 e. The van der Waals surface area contributed by atoms with Gasteiger partial charge in [0.15, 0.2) is 0 Å². The van der Waals surface area contributed by atoms with Gasteiger partial charge in [0.05, 0.1) is 11.4 Å². The molecule has 0 saturated carbocycles. The molecule has 0 unspecified atom stereocenters. The molecule has 0 aliphatic heterocycles. The Morgan fingerprint density at radius 2 is 1.13 bits per heavy atom. The van der Waals surface area contributed by atoms with E-state index >= 15 is 0 Å². The number of hydrogen-bond acceptors (Lipinski definition) is 3. The van der Waals surface area contributed by atoms with E-state index in [9.17, 15) is 0 Å². The van der Waals surface area contributed by atoms with Gasteiger partial charge in [0.2, 0.25) is 0 Å². The molecule has 0 aliphatic carbocycles. The Labute approximate surface area is 217 Å². The Bertz CT molecular complexity index is 1060. The largest absolute Gasteiger partial charge is 0.459 e. The highest BCUT2D eigenvalue weighted by Gasteiger charge is 2.18. The van der Waals surface area contributed by atoms with Gasteiger partial charge in [-0.2, -0.15) is 0 Å². The minimum Gasteiger partial charge on any atom is -0.459 e. The first-order chi connectivity index (χ1) is 14.5. The van der Waals surface area contributed by atoms with E-state index in [1.54, 1.807) is 0 Å². The van der Waals surface area contributed by atoms with E-state index < -0.39 is 0 Å². The van der Waals surface area contributed by atoms with Gasteiger partial charge >= 0.3 is 0 Å². The number of aromatic nitrogens is 1. The summed E-state index contributed by atoms with van der Waals surface area (Å²) in [7, 11) is 0. The molecule has 6 heteroatoms. The number of alkyl halides is 3. The summed E-state index contributed by atoms with van der Waals surface area (Å²) in [5.41, 5.74) is 6.02. The van der Waals surface area contributed by atoms with Crippen LogP contribution in [0.15, 0.2) is 97.1 Å². The summed E-state index contributed by atoms with van der Waals surface area (Å²) in [6, 6.07) is 32.7. The Balaban J connectivity index is 1.67. The zero-order valence-electron chi connectivity index (χ0n) is 15.7. The highest BCUT2D eigenvalue weighted by atomic mass is 127. The van der Waals surface area contributed by atoms with Crippen LogP contribution < -0.4 is 10.1 Å². The van der Waals surface area contributed by atoms with Crippen molar-refractivity contribution in [3.8, 4) is 28.3 Å². The number of benzene rings is 3. The summed E-state index contributed by atoms with van der Waals surface area (Å²) in [6.45, 7) is 0. The lowest BCUT2D eigenvalue weighted by atomic mass is 10.1. The molecule has 3 aromatic carbocycles. The number of rotatable bonds is 6. The zero-order valence-corrected chi connectivity index (χ0v) is 22.2. The molecule has 30 heavy (non-hydrogen) atoms. The van der Waals surface area contributed by atoms with Crippen LogP contribution in [0, 0.1) is 0 Å². The van der Waals surface area contributed by atoms with Crippen LogP contribution in [0.2, 0.25) is 0 Å². The van der Waals surface area contributed by atoms with Gasteiger partial charge in [-0.1, -0.05) is 60.7 Å². The van der Waals surface area contributed by atoms with Crippen molar-refractivity contribution in [3.05, 3.63) is 97.1 Å². The summed E-state index contributed by atoms with van der Waals surface area (Å²) in [4.78, 5) is 4.91. The maximum atomic E-state index is 5.88. The monoisotopic (exact) mass is 730 g/mol. The first kappa shape index (κ1) is 21.8. The highest BCUT2D eigenvalue weighted by molar-refractivity contribution is 14.3. The lowest BCUT2D eigenvalue weighted by Crippen LogP contribution is -2.09. The first-order valence-electron chi connectivity index (χ1n) is 9.22. The van der Waals surface area contributed by atoms with Crippen LogP contribution in [-0.4, -0.2) is 4.61 Å². The van der Waals surface area contributed by atoms with Gasteiger partial charge in [-0.05, 0) is 104 Å². The smallest absolute Gasteiger partial charge is 0.258 e. The van der Waals surface area contributed by atoms with Crippen molar-refractivity contribution in [2.45, 2.75) is -0.379 Å². The van der Waals surface area contributed by atoms with Crippen molar-refractivity contribution in [1.82, 2.24) is 4.98 Å². The average Bonchev–Trinajstić information content (AvgIpc) is 2.75. The van der Waals surface area contributed by atoms with Gasteiger partial charge in [-0.25, -0.2) is 4.98 Å². The third-order valence-electron chi connectivity index (χ3n) is 4.34. The van der Waals surface area contributed by atoms with Crippen LogP contribution in [0.3, 0.4) is 0 Å². The molecule has 0 atom stereocenters. The SMILES string of the molecule is IC(I)(I)Oc1ccc(Nc2cc(-c3ccccc3)nc(-c3ccccc3)c2)cc1. The van der Waals surface area contributed by atoms with E-state index in [1.807, 2.05) is 60.7 Å². The fourth-order valence-corrected chi connectivity index (χ4v) is 3.79. The summed E-state index contributed by atoms with van der Waals surface area (Å²) >= 11 is 6.76. The minimum absolute atomic E-state index is 0.303. The molecular weight excluding hydrogens is 713 g/mol. The van der Waals surface area contributed by atoms with E-state index in [0.29, 0.717) is 0 Å². The van der Waals surface area contributed by atoms with Gasteiger partial charge in [0.1, 0.15) is 5.75 Å². The maximum absolute atomic E-state index is 5.88. The van der Waals surface area contributed by atoms with E-state index in [1.165, 1.54) is 0 Å². The Hall–Kier alpha value is -1.40. The van der Waals surface area contributed by atoms with Crippen LogP contribution in [0.25, 0.3) is 22.5 Å². The molecule has 0 spiro atoms. The number of hydrogen-bond donors (Lipinski definition) is 1. The van der Waals surface area contributed by atoms with Crippen molar-refractivity contribution < 1.29 is 4.74 Å². The van der Waals surface area contributed by atoms with E-state index in [-0.39, 0.29) is -0.379 Å². The van der Waals surface area contributed by atoms with Gasteiger partial charge < -0.3 is 10.1 Å². The molecule has 150 valence electrons. The van der Waals surface area contributed by atoms with E-state index in [0.717, 1.165) is 39.6 Å². The third-order valence-corrected chi connectivity index (χ3v) is 5.00. The predicted molar refractivity (Wildman–Crippen MR) is 150 cm³/mol. The predicted octanol–water partition coefficient (Wildman–Crippen LogP) is 8.45. The summed E-state index contributed by atoms with van der Waals surface area (Å²) in [6.07, 6.45) is 0. The van der Waals surface area contributed by atoms with E-state index in [2.05, 4.69) is 109 Å². The molecule has 0 amide bonds. The molecule has 0 radical (unpaired) electrons. The topological polar surface area (TPSA) is 34.1 Å². The van der Waals surface area contributed by atoms with E-state index in [4.69, 9.17) is 9.72 Å². The lowest BCUT2D eigenvalue weighted by molar-refractivity contribution is 0.379. The van der Waals surface area contributed by atoms with Crippen LogP contribution in [0.4, 0.5) is 11.4 Å². The standard InChI is InChI=1S/C24H17I3N2O/c25-24(26,27)30-21-13-11-19(12-14-21)28-20-15-22(17-7-3-1-4-8-17)29-23(16-20)18-9-5-2-6-10-18/h1-16H,(H,28,29). The van der Waals surface area contributed by atoms with Gasteiger partial charge in [0.25, 0.3) is -0.379 Å². The highest BCUT2D eigenvalue weighted by Crippen LogP contribution is 2.38. The third kappa shape index (κ3) is 6.07. The molecule has 4 aromatic rings. The molecule has 4 rings (SSSR count). The molecule has 1 heterocycles. The van der Waals surface area contributed by atoms with Crippen LogP contribution in [-0.2, 0) is 0 Å². The number of nitrogens with zero attached hydrogens (tertiary/aromatic N) is 1. The van der Waals surface area contributed by atoms with Crippen LogP contribution in [0.5, 0.6) is 5.75 Å². The molecular formula is C24H17I3N2O. The fraction of sp³-hybridized carbons (Fsp3) is 0.0417. The number of nitrogens with one attached hydrogen (secondary N) is 1. The fourth-order valence-electron chi connectivity index (χ4n) is 3.02. The number of pyridine rings is 1. The van der Waals surface area contributed by atoms with Gasteiger partial charge in [-0.15, -0.1) is 0 Å². The second kappa shape index (κ2) is 9.82. The average molecular weight is 730 g/mol. The Morgan fingerprint density at radius 1 is 0.633 bits per heavy atom. The molecule has 0 aliphatic rings. The molecule has 0 fully saturated rings. The Kier molecular flexibility index (Phi) is 7.14. The van der Waals surface area contributed by atoms with Crippen LogP contribution >= 0.6 is 67.8 Å². The lowest BCUT2D eigenvalue weighted by Gasteiger charge is -2.16. The second-order valence-corrected chi connectivity index (χ2v) is 17.3. The zero-order chi connectivity index (χ0) is 21.0. The molecule has 0 bridgehead atoms. The first-order valence-corrected chi connectivity index (χ1v) is 12.5. The number of halogens is 3. The van der Waals surface area contributed by atoms with Gasteiger partial charge in [0, 0.05) is 22.5 Å². The summed E-state index contributed by atoms with van der Waals surface area (Å²) in [5, 5.41) is 3.51.